The van der Waals surface area contributed by atoms with Gasteiger partial charge in [-0.2, -0.15) is 0 Å². The molecular weight excluding hydrogens is 233 g/mol. The van der Waals surface area contributed by atoms with Crippen LogP contribution in [0.4, 0.5) is 0 Å². The van der Waals surface area contributed by atoms with Crippen LogP contribution in [0, 0.1) is 0 Å². The summed E-state index contributed by atoms with van der Waals surface area (Å²) in [7, 11) is 0.563. The van der Waals surface area contributed by atoms with Gasteiger partial charge in [0.05, 0.1) is 6.04 Å². The van der Waals surface area contributed by atoms with Crippen LogP contribution < -0.4 is 0 Å². The minimum atomic E-state index is -1.42. The van der Waals surface area contributed by atoms with E-state index in [1.165, 1.54) is 18.4 Å². The lowest BCUT2D eigenvalue weighted by Crippen LogP contribution is -2.44. The average molecular weight is 251 g/mol. The molecule has 17 heavy (non-hydrogen) atoms. The molecule has 0 aromatic heterocycles. The summed E-state index contributed by atoms with van der Waals surface area (Å²) in [6.45, 7) is 0. The first kappa shape index (κ1) is 11.6. The summed E-state index contributed by atoms with van der Waals surface area (Å²) < 4.78 is 8.03. The molecule has 3 rings (SSSR count). The number of likely N-dealkylation sites (N-methyl/N-ethyl adjacent to an activating group) is 1. The lowest BCUT2D eigenvalue weighted by atomic mass is 9.76. The van der Waals surface area contributed by atoms with Crippen molar-refractivity contribution >= 4 is 8.53 Å². The van der Waals surface area contributed by atoms with Crippen molar-refractivity contribution in [1.82, 2.24) is 4.67 Å². The summed E-state index contributed by atoms with van der Waals surface area (Å²) in [6, 6.07) is 10.7. The zero-order valence-corrected chi connectivity index (χ0v) is 10.9. The number of hydrogen-bond acceptors (Lipinski definition) is 3. The number of benzene rings is 1. The quantitative estimate of drug-likeness (QED) is 0.779. The third-order valence-electron chi connectivity index (χ3n) is 4.04. The molecule has 2 fully saturated rings. The van der Waals surface area contributed by atoms with Crippen molar-refractivity contribution in [2.24, 2.45) is 0 Å². The van der Waals surface area contributed by atoms with Gasteiger partial charge in [0.1, 0.15) is 5.60 Å². The molecule has 1 heterocycles. The Morgan fingerprint density at radius 3 is 2.88 bits per heavy atom. The first-order valence-electron chi connectivity index (χ1n) is 6.20. The second-order valence-corrected chi connectivity index (χ2v) is 6.25. The third kappa shape index (κ3) is 1.73. The zero-order chi connectivity index (χ0) is 11.9. The first-order valence-corrected chi connectivity index (χ1v) is 7.37. The molecule has 1 aliphatic heterocycles. The predicted molar refractivity (Wildman–Crippen MR) is 68.4 cm³/mol. The molecular formula is C13H18NO2P. The van der Waals surface area contributed by atoms with Crippen molar-refractivity contribution in [2.45, 2.75) is 37.3 Å². The highest BCUT2D eigenvalue weighted by atomic mass is 31.2. The van der Waals surface area contributed by atoms with E-state index in [1.54, 1.807) is 0 Å². The Labute approximate surface area is 103 Å². The Kier molecular flexibility index (Phi) is 2.95. The van der Waals surface area contributed by atoms with E-state index in [1.807, 2.05) is 17.8 Å². The molecule has 0 unspecified atom stereocenters. The van der Waals surface area contributed by atoms with E-state index in [4.69, 9.17) is 4.52 Å². The highest BCUT2D eigenvalue weighted by Crippen LogP contribution is 2.60. The van der Waals surface area contributed by atoms with Gasteiger partial charge in [0.2, 0.25) is 0 Å². The van der Waals surface area contributed by atoms with Crippen LogP contribution in [-0.2, 0) is 10.1 Å². The Morgan fingerprint density at radius 2 is 2.12 bits per heavy atom. The molecule has 2 aliphatic rings. The molecule has 0 amide bonds. The smallest absolute Gasteiger partial charge is 0.256 e. The number of nitrogens with zero attached hydrogens (tertiary/aromatic N) is 1. The molecule has 4 heteroatoms. The summed E-state index contributed by atoms with van der Waals surface area (Å²) in [4.78, 5) is 10.0. The molecule has 3 nitrogen and oxygen atoms in total. The van der Waals surface area contributed by atoms with Gasteiger partial charge in [-0.25, -0.2) is 4.67 Å². The minimum absolute atomic E-state index is 0.269. The van der Waals surface area contributed by atoms with E-state index in [9.17, 15) is 4.89 Å². The molecule has 1 aromatic carbocycles. The van der Waals surface area contributed by atoms with Crippen molar-refractivity contribution in [3.8, 4) is 0 Å². The fourth-order valence-corrected chi connectivity index (χ4v) is 4.44. The van der Waals surface area contributed by atoms with E-state index >= 15 is 0 Å². The molecule has 1 aliphatic carbocycles. The number of rotatable bonds is 1. The van der Waals surface area contributed by atoms with Crippen LogP contribution in [0.25, 0.3) is 0 Å². The summed E-state index contributed by atoms with van der Waals surface area (Å²) in [5.41, 5.74) is 0.949. The van der Waals surface area contributed by atoms with Crippen molar-refractivity contribution in [3.63, 3.8) is 0 Å². The highest BCUT2D eigenvalue weighted by molar-refractivity contribution is 7.43. The van der Waals surface area contributed by atoms with Crippen LogP contribution in [0.15, 0.2) is 30.3 Å². The molecule has 1 N–H and O–H groups in total. The topological polar surface area (TPSA) is 32.7 Å². The Bertz CT molecular complexity index is 400. The summed E-state index contributed by atoms with van der Waals surface area (Å²) in [5, 5.41) is 0. The van der Waals surface area contributed by atoms with Gasteiger partial charge in [-0.1, -0.05) is 43.2 Å². The Hall–Kier alpha value is -0.470. The van der Waals surface area contributed by atoms with Gasteiger partial charge in [-0.05, 0) is 25.5 Å². The van der Waals surface area contributed by atoms with E-state index in [-0.39, 0.29) is 5.60 Å². The second kappa shape index (κ2) is 4.33. The molecule has 1 aromatic rings. The average Bonchev–Trinajstić information content (AvgIpc) is 2.64. The van der Waals surface area contributed by atoms with Gasteiger partial charge in [0, 0.05) is 0 Å². The zero-order valence-electron chi connectivity index (χ0n) is 10.0. The van der Waals surface area contributed by atoms with Gasteiger partial charge in [-0.15, -0.1) is 0 Å². The normalized spacial score (nSPS) is 38.0. The maximum Gasteiger partial charge on any atom is 0.256 e. The summed E-state index contributed by atoms with van der Waals surface area (Å²) >= 11 is 0. The van der Waals surface area contributed by atoms with Crippen LogP contribution in [0.2, 0.25) is 0 Å². The second-order valence-electron chi connectivity index (χ2n) is 4.93. The van der Waals surface area contributed by atoms with Gasteiger partial charge < -0.3 is 9.42 Å². The van der Waals surface area contributed by atoms with Crippen LogP contribution in [0.5, 0.6) is 0 Å². The molecule has 0 radical (unpaired) electrons. The Balaban J connectivity index is 2.03. The third-order valence-corrected chi connectivity index (χ3v) is 5.35. The van der Waals surface area contributed by atoms with E-state index in [2.05, 4.69) is 24.3 Å². The van der Waals surface area contributed by atoms with E-state index < -0.39 is 8.53 Å². The van der Waals surface area contributed by atoms with Crippen LogP contribution >= 0.6 is 8.53 Å². The fourth-order valence-electron chi connectivity index (χ4n) is 3.16. The fraction of sp³-hybridized carbons (Fsp3) is 0.538. The summed E-state index contributed by atoms with van der Waals surface area (Å²) in [5.74, 6) is 0. The monoisotopic (exact) mass is 251 g/mol. The number of hydrogen-bond donors (Lipinski definition) is 1. The van der Waals surface area contributed by atoms with Crippen molar-refractivity contribution in [3.05, 3.63) is 35.9 Å². The van der Waals surface area contributed by atoms with Crippen LogP contribution in [-0.4, -0.2) is 22.7 Å². The van der Waals surface area contributed by atoms with Crippen LogP contribution in [0.1, 0.15) is 31.2 Å². The highest BCUT2D eigenvalue weighted by Gasteiger charge is 2.54. The predicted octanol–water partition coefficient (Wildman–Crippen LogP) is 3.01. The van der Waals surface area contributed by atoms with Crippen molar-refractivity contribution in [1.29, 1.82) is 0 Å². The van der Waals surface area contributed by atoms with Gasteiger partial charge >= 0.3 is 0 Å². The van der Waals surface area contributed by atoms with E-state index in [0.717, 1.165) is 12.8 Å². The van der Waals surface area contributed by atoms with Gasteiger partial charge in [-0.3, -0.25) is 0 Å². The molecule has 92 valence electrons. The van der Waals surface area contributed by atoms with Gasteiger partial charge in [0.25, 0.3) is 8.53 Å². The molecule has 1 saturated carbocycles. The molecule has 1 saturated heterocycles. The largest absolute Gasteiger partial charge is 0.338 e. The SMILES string of the molecule is CN1[C@@H]2CCCC[C@]2(c2ccccc2)O[P@]1O. The van der Waals surface area contributed by atoms with Crippen molar-refractivity contribution in [2.75, 3.05) is 7.05 Å². The van der Waals surface area contributed by atoms with Crippen molar-refractivity contribution < 1.29 is 9.42 Å². The molecule has 0 spiro atoms. The maximum absolute atomic E-state index is 10.0. The lowest BCUT2D eigenvalue weighted by molar-refractivity contribution is 0.0224. The molecule has 3 atom stereocenters. The van der Waals surface area contributed by atoms with Crippen LogP contribution in [0.3, 0.4) is 0 Å². The summed E-state index contributed by atoms with van der Waals surface area (Å²) in [6.07, 6.45) is 4.55. The Morgan fingerprint density at radius 1 is 1.35 bits per heavy atom. The molecule has 0 bridgehead atoms. The minimum Gasteiger partial charge on any atom is -0.338 e. The standard InChI is InChI=1S/C13H18NO2P/c1-14-12-9-5-6-10-13(12,16-17(14)15)11-7-3-2-4-8-11/h2-4,7-8,12,15H,5-6,9-10H2,1H3/t12-,13-,17+/m1/s1. The number of fused-ring (bicyclic) bond motifs is 1. The lowest BCUT2D eigenvalue weighted by Gasteiger charge is -2.38. The maximum atomic E-state index is 10.0. The van der Waals surface area contributed by atoms with E-state index in [0.29, 0.717) is 6.04 Å². The van der Waals surface area contributed by atoms with Gasteiger partial charge in [0.15, 0.2) is 0 Å². The first-order chi connectivity index (χ1) is 8.24.